The van der Waals surface area contributed by atoms with Gasteiger partial charge in [-0.05, 0) is 22.0 Å². The first kappa shape index (κ1) is 8.78. The predicted molar refractivity (Wildman–Crippen MR) is 58.9 cm³/mol. The minimum absolute atomic E-state index is 0.580. The van der Waals surface area contributed by atoms with Gasteiger partial charge >= 0.3 is 0 Å². The van der Waals surface area contributed by atoms with Gasteiger partial charge in [-0.3, -0.25) is 4.98 Å². The van der Waals surface area contributed by atoms with E-state index in [1.54, 1.807) is 12.4 Å². The molecule has 0 aliphatic carbocycles. The molecule has 1 aromatic carbocycles. The molecule has 0 spiro atoms. The van der Waals surface area contributed by atoms with Crippen molar-refractivity contribution in [3.05, 3.63) is 34.0 Å². The van der Waals surface area contributed by atoms with Gasteiger partial charge in [-0.15, -0.1) is 0 Å². The van der Waals surface area contributed by atoms with Gasteiger partial charge in [0.15, 0.2) is 0 Å². The summed E-state index contributed by atoms with van der Waals surface area (Å²) in [6, 6.07) is 3.81. The molecule has 2 aromatic rings. The minimum Gasteiger partial charge on any atom is -0.397 e. The maximum atomic E-state index is 5.97. The Morgan fingerprint density at radius 1 is 1.31 bits per heavy atom. The first-order valence-corrected chi connectivity index (χ1v) is 4.84. The molecule has 0 atom stereocenters. The number of aromatic nitrogens is 1. The first-order chi connectivity index (χ1) is 6.20. The van der Waals surface area contributed by atoms with Crippen molar-refractivity contribution in [1.82, 2.24) is 4.98 Å². The van der Waals surface area contributed by atoms with Crippen LogP contribution in [0.5, 0.6) is 0 Å². The first-order valence-electron chi connectivity index (χ1n) is 3.67. The van der Waals surface area contributed by atoms with E-state index >= 15 is 0 Å². The van der Waals surface area contributed by atoms with Gasteiger partial charge in [0.25, 0.3) is 0 Å². The number of nitrogens with zero attached hydrogens (tertiary/aromatic N) is 1. The van der Waals surface area contributed by atoms with Gasteiger partial charge in [-0.25, -0.2) is 0 Å². The van der Waals surface area contributed by atoms with Crippen molar-refractivity contribution < 1.29 is 0 Å². The highest BCUT2D eigenvalue weighted by Gasteiger charge is 2.05. The molecule has 66 valence electrons. The number of nitrogen functional groups attached to an aromatic ring is 1. The van der Waals surface area contributed by atoms with Gasteiger partial charge in [0.2, 0.25) is 0 Å². The number of fused-ring (bicyclic) bond motifs is 1. The summed E-state index contributed by atoms with van der Waals surface area (Å²) in [5.41, 5.74) is 6.52. The van der Waals surface area contributed by atoms with Crippen molar-refractivity contribution in [1.29, 1.82) is 0 Å². The Morgan fingerprint density at radius 3 is 2.85 bits per heavy atom. The highest BCUT2D eigenvalue weighted by atomic mass is 79.9. The molecule has 4 heteroatoms. The molecule has 1 heterocycles. The molecule has 1 aromatic heterocycles. The highest BCUT2D eigenvalue weighted by molar-refractivity contribution is 9.10. The molecule has 0 saturated heterocycles. The van der Waals surface area contributed by atoms with Crippen molar-refractivity contribution in [3.8, 4) is 0 Å². The molecule has 2 rings (SSSR count). The van der Waals surface area contributed by atoms with E-state index in [0.717, 1.165) is 15.2 Å². The van der Waals surface area contributed by atoms with E-state index in [9.17, 15) is 0 Å². The van der Waals surface area contributed by atoms with Gasteiger partial charge in [-0.1, -0.05) is 17.7 Å². The third-order valence-corrected chi connectivity index (χ3v) is 2.84. The zero-order chi connectivity index (χ0) is 9.42. The largest absolute Gasteiger partial charge is 0.397 e. The van der Waals surface area contributed by atoms with Crippen LogP contribution in [0.2, 0.25) is 5.02 Å². The smallest absolute Gasteiger partial charge is 0.0688 e. The predicted octanol–water partition coefficient (Wildman–Crippen LogP) is 3.23. The van der Waals surface area contributed by atoms with E-state index in [1.807, 2.05) is 12.1 Å². The summed E-state index contributed by atoms with van der Waals surface area (Å²) in [7, 11) is 0. The van der Waals surface area contributed by atoms with Crippen molar-refractivity contribution in [2.45, 2.75) is 0 Å². The van der Waals surface area contributed by atoms with E-state index < -0.39 is 0 Å². The van der Waals surface area contributed by atoms with E-state index in [4.69, 9.17) is 17.3 Å². The number of hydrogen-bond donors (Lipinski definition) is 1. The fourth-order valence-electron chi connectivity index (χ4n) is 1.23. The second kappa shape index (κ2) is 3.16. The summed E-state index contributed by atoms with van der Waals surface area (Å²) in [6.07, 6.45) is 3.33. The van der Waals surface area contributed by atoms with Crippen LogP contribution >= 0.6 is 27.5 Å². The lowest BCUT2D eigenvalue weighted by Gasteiger charge is -2.04. The van der Waals surface area contributed by atoms with E-state index in [0.29, 0.717) is 10.7 Å². The molecule has 0 unspecified atom stereocenters. The van der Waals surface area contributed by atoms with Crippen LogP contribution in [0.1, 0.15) is 0 Å². The molecule has 0 saturated carbocycles. The average Bonchev–Trinajstić information content (AvgIpc) is 2.12. The second-order valence-corrected chi connectivity index (χ2v) is 3.94. The zero-order valence-corrected chi connectivity index (χ0v) is 8.93. The van der Waals surface area contributed by atoms with E-state index in [1.165, 1.54) is 0 Å². The van der Waals surface area contributed by atoms with Gasteiger partial charge in [0, 0.05) is 27.6 Å². The van der Waals surface area contributed by atoms with Gasteiger partial charge in [0.05, 0.1) is 10.7 Å². The summed E-state index contributed by atoms with van der Waals surface area (Å²) < 4.78 is 0.855. The van der Waals surface area contributed by atoms with Crippen molar-refractivity contribution in [2.75, 3.05) is 5.73 Å². The summed E-state index contributed by atoms with van der Waals surface area (Å²) in [5.74, 6) is 0. The molecule has 2 nitrogen and oxygen atoms in total. The Hall–Kier alpha value is -0.800. The van der Waals surface area contributed by atoms with Crippen molar-refractivity contribution >= 4 is 44.0 Å². The summed E-state index contributed by atoms with van der Waals surface area (Å²) >= 11 is 9.32. The fourth-order valence-corrected chi connectivity index (χ4v) is 1.83. The van der Waals surface area contributed by atoms with Crippen molar-refractivity contribution in [2.24, 2.45) is 0 Å². The molecule has 0 aliphatic heterocycles. The van der Waals surface area contributed by atoms with E-state index in [-0.39, 0.29) is 0 Å². The van der Waals surface area contributed by atoms with Crippen LogP contribution in [-0.4, -0.2) is 4.98 Å². The van der Waals surface area contributed by atoms with Gasteiger partial charge in [-0.2, -0.15) is 0 Å². The third kappa shape index (κ3) is 1.38. The molecule has 0 amide bonds. The Labute approximate surface area is 88.8 Å². The number of pyridine rings is 1. The van der Waals surface area contributed by atoms with E-state index in [2.05, 4.69) is 20.9 Å². The maximum absolute atomic E-state index is 5.97. The number of benzene rings is 1. The summed E-state index contributed by atoms with van der Waals surface area (Å²) in [5, 5.41) is 2.38. The molecular weight excluding hydrogens is 251 g/mol. The number of anilines is 1. The van der Waals surface area contributed by atoms with Crippen LogP contribution < -0.4 is 5.73 Å². The number of hydrogen-bond acceptors (Lipinski definition) is 2. The molecule has 2 N–H and O–H groups in total. The quantitative estimate of drug-likeness (QED) is 0.736. The van der Waals surface area contributed by atoms with Crippen LogP contribution in [0.15, 0.2) is 29.0 Å². The number of halogens is 2. The average molecular weight is 258 g/mol. The lowest BCUT2D eigenvalue weighted by Crippen LogP contribution is -1.89. The third-order valence-electron chi connectivity index (χ3n) is 1.86. The Kier molecular flexibility index (Phi) is 2.14. The lowest BCUT2D eigenvalue weighted by atomic mass is 10.1. The standard InChI is InChI=1S/C9H6BrClN2/c10-6-2-1-5-3-13-4-7(11)8(5)9(6)12/h1-4H,12H2. The molecule has 0 fully saturated rings. The summed E-state index contributed by atoms with van der Waals surface area (Å²) in [4.78, 5) is 3.98. The molecule has 0 aliphatic rings. The second-order valence-electron chi connectivity index (χ2n) is 2.68. The van der Waals surface area contributed by atoms with Crippen LogP contribution in [0, 0.1) is 0 Å². The Balaban J connectivity index is 2.97. The van der Waals surface area contributed by atoms with Crippen molar-refractivity contribution in [3.63, 3.8) is 0 Å². The highest BCUT2D eigenvalue weighted by Crippen LogP contribution is 2.32. The minimum atomic E-state index is 0.580. The number of nitrogens with two attached hydrogens (primary N) is 1. The molecule has 0 bridgehead atoms. The topological polar surface area (TPSA) is 38.9 Å². The lowest BCUT2D eigenvalue weighted by molar-refractivity contribution is 1.36. The van der Waals surface area contributed by atoms with Crippen LogP contribution in [-0.2, 0) is 0 Å². The van der Waals surface area contributed by atoms with Crippen LogP contribution in [0.25, 0.3) is 10.8 Å². The monoisotopic (exact) mass is 256 g/mol. The molecule has 0 radical (unpaired) electrons. The molecular formula is C9H6BrClN2. The zero-order valence-electron chi connectivity index (χ0n) is 6.59. The SMILES string of the molecule is Nc1c(Br)ccc2cncc(Cl)c12. The summed E-state index contributed by atoms with van der Waals surface area (Å²) in [6.45, 7) is 0. The normalized spacial score (nSPS) is 10.6. The molecule has 13 heavy (non-hydrogen) atoms. The number of rotatable bonds is 0. The fraction of sp³-hybridized carbons (Fsp3) is 0. The van der Waals surface area contributed by atoms with Gasteiger partial charge in [0.1, 0.15) is 0 Å². The Bertz CT molecular complexity index is 470. The van der Waals surface area contributed by atoms with Crippen LogP contribution in [0.3, 0.4) is 0 Å². The van der Waals surface area contributed by atoms with Gasteiger partial charge < -0.3 is 5.73 Å². The Morgan fingerprint density at radius 2 is 2.08 bits per heavy atom. The van der Waals surface area contributed by atoms with Crippen LogP contribution in [0.4, 0.5) is 5.69 Å². The maximum Gasteiger partial charge on any atom is 0.0688 e.